The summed E-state index contributed by atoms with van der Waals surface area (Å²) in [6.07, 6.45) is 5.23. The molecule has 1 amide bonds. The zero-order valence-corrected chi connectivity index (χ0v) is 12.2. The number of aliphatic hydroxyl groups is 1. The first-order chi connectivity index (χ1) is 8.89. The van der Waals surface area contributed by atoms with Gasteiger partial charge >= 0.3 is 0 Å². The zero-order valence-electron chi connectivity index (χ0n) is 11.4. The molecular formula is C14H21ClN2O2. The highest BCUT2D eigenvalue weighted by Gasteiger charge is 2.32. The van der Waals surface area contributed by atoms with Gasteiger partial charge in [0.15, 0.2) is 0 Å². The molecule has 1 fully saturated rings. The SMILES string of the molecule is CC1CCC(O)(CNC(=O)c2cc(Cl)cn2C)CC1. The maximum atomic E-state index is 12.0. The molecule has 2 N–H and O–H groups in total. The normalized spacial score (nSPS) is 27.3. The van der Waals surface area contributed by atoms with E-state index in [0.29, 0.717) is 23.2 Å². The number of carbonyl (C=O) groups excluding carboxylic acids is 1. The third-order valence-corrected chi connectivity index (χ3v) is 4.19. The fourth-order valence-electron chi connectivity index (χ4n) is 2.56. The maximum Gasteiger partial charge on any atom is 0.268 e. The van der Waals surface area contributed by atoms with Crippen LogP contribution in [0.3, 0.4) is 0 Å². The molecule has 0 bridgehead atoms. The summed E-state index contributed by atoms with van der Waals surface area (Å²) in [7, 11) is 1.78. The molecule has 0 aliphatic heterocycles. The van der Waals surface area contributed by atoms with Crippen LogP contribution in [0.2, 0.25) is 5.02 Å². The summed E-state index contributed by atoms with van der Waals surface area (Å²) in [5.41, 5.74) is -0.241. The Kier molecular flexibility index (Phi) is 4.21. The topological polar surface area (TPSA) is 54.3 Å². The third kappa shape index (κ3) is 3.51. The molecule has 1 heterocycles. The second-order valence-electron chi connectivity index (χ2n) is 5.74. The van der Waals surface area contributed by atoms with Gasteiger partial charge in [-0.05, 0) is 37.7 Å². The van der Waals surface area contributed by atoms with Crippen molar-refractivity contribution in [1.29, 1.82) is 0 Å². The molecular weight excluding hydrogens is 264 g/mol. The Bertz CT molecular complexity index is 462. The Balaban J connectivity index is 1.92. The summed E-state index contributed by atoms with van der Waals surface area (Å²) in [5.74, 6) is 0.476. The van der Waals surface area contributed by atoms with E-state index in [1.807, 2.05) is 0 Å². The molecule has 2 rings (SSSR count). The van der Waals surface area contributed by atoms with Crippen LogP contribution in [-0.4, -0.2) is 27.7 Å². The number of amides is 1. The van der Waals surface area contributed by atoms with Gasteiger partial charge in [0.25, 0.3) is 5.91 Å². The minimum atomic E-state index is -0.753. The standard InChI is InChI=1S/C14H21ClN2O2/c1-10-3-5-14(19,6-4-10)9-16-13(18)12-7-11(15)8-17(12)2/h7-8,10,19H,3-6,9H2,1-2H3,(H,16,18). The van der Waals surface area contributed by atoms with Gasteiger partial charge in [0, 0.05) is 19.8 Å². The highest BCUT2D eigenvalue weighted by molar-refractivity contribution is 6.31. The van der Waals surface area contributed by atoms with E-state index in [4.69, 9.17) is 11.6 Å². The van der Waals surface area contributed by atoms with E-state index in [1.54, 1.807) is 23.9 Å². The molecule has 0 saturated heterocycles. The quantitative estimate of drug-likeness (QED) is 0.895. The summed E-state index contributed by atoms with van der Waals surface area (Å²) in [6, 6.07) is 1.63. The molecule has 0 unspecified atom stereocenters. The number of aromatic nitrogens is 1. The Hall–Kier alpha value is -1.00. The number of carbonyl (C=O) groups is 1. The monoisotopic (exact) mass is 284 g/mol. The van der Waals surface area contributed by atoms with Crippen LogP contribution in [0.4, 0.5) is 0 Å². The van der Waals surface area contributed by atoms with Gasteiger partial charge in [0.05, 0.1) is 10.6 Å². The lowest BCUT2D eigenvalue weighted by atomic mass is 9.79. The highest BCUT2D eigenvalue weighted by Crippen LogP contribution is 2.31. The molecule has 1 aromatic heterocycles. The summed E-state index contributed by atoms with van der Waals surface area (Å²) in [4.78, 5) is 12.0. The number of hydrogen-bond donors (Lipinski definition) is 2. The predicted octanol–water partition coefficient (Wildman–Crippen LogP) is 2.35. The van der Waals surface area contributed by atoms with Crippen LogP contribution < -0.4 is 5.32 Å². The van der Waals surface area contributed by atoms with Crippen LogP contribution in [0.15, 0.2) is 12.3 Å². The van der Waals surface area contributed by atoms with Crippen molar-refractivity contribution in [2.24, 2.45) is 13.0 Å². The van der Waals surface area contributed by atoms with Gasteiger partial charge < -0.3 is 15.0 Å². The lowest BCUT2D eigenvalue weighted by molar-refractivity contribution is -0.00546. The summed E-state index contributed by atoms with van der Waals surface area (Å²) < 4.78 is 1.69. The lowest BCUT2D eigenvalue weighted by Crippen LogP contribution is -2.45. The van der Waals surface area contributed by atoms with E-state index >= 15 is 0 Å². The van der Waals surface area contributed by atoms with E-state index in [0.717, 1.165) is 25.7 Å². The van der Waals surface area contributed by atoms with E-state index in [-0.39, 0.29) is 5.91 Å². The van der Waals surface area contributed by atoms with Crippen molar-refractivity contribution in [3.05, 3.63) is 23.0 Å². The van der Waals surface area contributed by atoms with E-state index < -0.39 is 5.60 Å². The molecule has 106 valence electrons. The van der Waals surface area contributed by atoms with Crippen LogP contribution in [0.1, 0.15) is 43.1 Å². The van der Waals surface area contributed by atoms with Crippen molar-refractivity contribution in [1.82, 2.24) is 9.88 Å². The molecule has 1 aliphatic rings. The molecule has 1 saturated carbocycles. The number of nitrogens with zero attached hydrogens (tertiary/aromatic N) is 1. The van der Waals surface area contributed by atoms with Crippen LogP contribution in [0, 0.1) is 5.92 Å². The Morgan fingerprint density at radius 3 is 2.74 bits per heavy atom. The molecule has 4 nitrogen and oxygen atoms in total. The first kappa shape index (κ1) is 14.4. The van der Waals surface area contributed by atoms with Gasteiger partial charge in [0.2, 0.25) is 0 Å². The summed E-state index contributed by atoms with van der Waals surface area (Å²) in [6.45, 7) is 2.51. The minimum Gasteiger partial charge on any atom is -0.388 e. The largest absolute Gasteiger partial charge is 0.388 e. The number of rotatable bonds is 3. The van der Waals surface area contributed by atoms with Gasteiger partial charge in [-0.25, -0.2) is 0 Å². The molecule has 0 spiro atoms. The Labute approximate surface area is 118 Å². The number of halogens is 1. The van der Waals surface area contributed by atoms with E-state index in [9.17, 15) is 9.90 Å². The number of nitrogens with one attached hydrogen (secondary N) is 1. The molecule has 0 atom stereocenters. The van der Waals surface area contributed by atoms with Gasteiger partial charge in [-0.1, -0.05) is 18.5 Å². The smallest absolute Gasteiger partial charge is 0.268 e. The van der Waals surface area contributed by atoms with Crippen LogP contribution in [-0.2, 0) is 7.05 Å². The summed E-state index contributed by atoms with van der Waals surface area (Å²) in [5, 5.41) is 13.8. The maximum absolute atomic E-state index is 12.0. The fraction of sp³-hybridized carbons (Fsp3) is 0.643. The van der Waals surface area contributed by atoms with Crippen molar-refractivity contribution < 1.29 is 9.90 Å². The second-order valence-corrected chi connectivity index (χ2v) is 6.18. The molecule has 1 aromatic rings. The van der Waals surface area contributed by atoms with Crippen molar-refractivity contribution in [2.45, 2.75) is 38.2 Å². The molecule has 1 aliphatic carbocycles. The fourth-order valence-corrected chi connectivity index (χ4v) is 2.81. The molecule has 19 heavy (non-hydrogen) atoms. The lowest BCUT2D eigenvalue weighted by Gasteiger charge is -2.34. The first-order valence-corrected chi connectivity index (χ1v) is 7.10. The Morgan fingerprint density at radius 2 is 2.21 bits per heavy atom. The van der Waals surface area contributed by atoms with E-state index in [1.165, 1.54) is 0 Å². The van der Waals surface area contributed by atoms with Gasteiger partial charge in [-0.2, -0.15) is 0 Å². The van der Waals surface area contributed by atoms with Crippen molar-refractivity contribution in [2.75, 3.05) is 6.54 Å². The predicted molar refractivity (Wildman–Crippen MR) is 75.3 cm³/mol. The number of hydrogen-bond acceptors (Lipinski definition) is 2. The molecule has 0 radical (unpaired) electrons. The second kappa shape index (κ2) is 5.55. The highest BCUT2D eigenvalue weighted by atomic mass is 35.5. The Morgan fingerprint density at radius 1 is 1.58 bits per heavy atom. The van der Waals surface area contributed by atoms with Crippen LogP contribution in [0.25, 0.3) is 0 Å². The third-order valence-electron chi connectivity index (χ3n) is 3.99. The van der Waals surface area contributed by atoms with Gasteiger partial charge in [-0.3, -0.25) is 4.79 Å². The van der Waals surface area contributed by atoms with Crippen LogP contribution in [0.5, 0.6) is 0 Å². The van der Waals surface area contributed by atoms with Crippen LogP contribution >= 0.6 is 11.6 Å². The summed E-state index contributed by atoms with van der Waals surface area (Å²) >= 11 is 5.85. The van der Waals surface area contributed by atoms with Crippen molar-refractivity contribution >= 4 is 17.5 Å². The van der Waals surface area contributed by atoms with Crippen molar-refractivity contribution in [3.63, 3.8) is 0 Å². The average molecular weight is 285 g/mol. The average Bonchev–Trinajstić information content (AvgIpc) is 2.70. The van der Waals surface area contributed by atoms with Crippen molar-refractivity contribution in [3.8, 4) is 0 Å². The zero-order chi connectivity index (χ0) is 14.0. The number of aryl methyl sites for hydroxylation is 1. The van der Waals surface area contributed by atoms with Gasteiger partial charge in [-0.15, -0.1) is 0 Å². The molecule has 5 heteroatoms. The van der Waals surface area contributed by atoms with Gasteiger partial charge in [0.1, 0.15) is 5.69 Å². The first-order valence-electron chi connectivity index (χ1n) is 6.72. The minimum absolute atomic E-state index is 0.193. The van der Waals surface area contributed by atoms with E-state index in [2.05, 4.69) is 12.2 Å². The molecule has 0 aromatic carbocycles.